The monoisotopic (exact) mass is 351 g/mol. The summed E-state index contributed by atoms with van der Waals surface area (Å²) >= 11 is 0. The van der Waals surface area contributed by atoms with Crippen molar-refractivity contribution in [2.45, 2.75) is 26.7 Å². The third-order valence-electron chi connectivity index (χ3n) is 4.72. The van der Waals surface area contributed by atoms with Crippen molar-refractivity contribution in [1.29, 1.82) is 0 Å². The van der Waals surface area contributed by atoms with Crippen LogP contribution in [0.3, 0.4) is 0 Å². The van der Waals surface area contributed by atoms with E-state index in [1.54, 1.807) is 9.80 Å². The van der Waals surface area contributed by atoms with Crippen LogP contribution in [0.2, 0.25) is 0 Å². The predicted molar refractivity (Wildman–Crippen MR) is 93.8 cm³/mol. The number of ether oxygens (including phenoxy) is 1. The molecule has 0 saturated carbocycles. The van der Waals surface area contributed by atoms with Crippen molar-refractivity contribution >= 4 is 17.9 Å². The average Bonchev–Trinajstić information content (AvgIpc) is 2.65. The molecule has 2 aliphatic rings. The van der Waals surface area contributed by atoms with E-state index in [2.05, 4.69) is 6.58 Å². The number of amides is 3. The smallest absolute Gasteiger partial charge is 0.409 e. The Morgan fingerprint density at radius 2 is 1.56 bits per heavy atom. The molecule has 0 radical (unpaired) electrons. The summed E-state index contributed by atoms with van der Waals surface area (Å²) < 4.78 is 5.24. The lowest BCUT2D eigenvalue weighted by atomic mass is 9.95. The highest BCUT2D eigenvalue weighted by Crippen LogP contribution is 2.21. The van der Waals surface area contributed by atoms with E-state index in [4.69, 9.17) is 4.74 Å². The zero-order valence-corrected chi connectivity index (χ0v) is 15.3. The summed E-state index contributed by atoms with van der Waals surface area (Å²) in [5.74, 6) is 0.347. The van der Waals surface area contributed by atoms with Crippen LogP contribution in [0, 0.1) is 11.8 Å². The van der Waals surface area contributed by atoms with Gasteiger partial charge >= 0.3 is 6.09 Å². The first-order valence-electron chi connectivity index (χ1n) is 9.04. The number of piperazine rings is 1. The minimum Gasteiger partial charge on any atom is -0.449 e. The van der Waals surface area contributed by atoms with Gasteiger partial charge in [0.1, 0.15) is 0 Å². The van der Waals surface area contributed by atoms with Crippen LogP contribution in [0.15, 0.2) is 12.7 Å². The Kier molecular flexibility index (Phi) is 6.84. The maximum atomic E-state index is 12.7. The molecule has 2 rings (SSSR count). The lowest BCUT2D eigenvalue weighted by Crippen LogP contribution is -2.53. The molecule has 3 amide bonds. The van der Waals surface area contributed by atoms with Crippen molar-refractivity contribution in [2.75, 3.05) is 45.9 Å². The third kappa shape index (κ3) is 5.21. The van der Waals surface area contributed by atoms with Gasteiger partial charge in [0.15, 0.2) is 0 Å². The second-order valence-electron chi connectivity index (χ2n) is 7.09. The second kappa shape index (κ2) is 8.87. The SMILES string of the molecule is C=CC(=O)N1CCC(C(=O)N2CCN(C(=O)OCC(C)C)CC2)CC1. The van der Waals surface area contributed by atoms with Gasteiger partial charge in [-0.25, -0.2) is 4.79 Å². The van der Waals surface area contributed by atoms with Crippen molar-refractivity contribution in [3.63, 3.8) is 0 Å². The van der Waals surface area contributed by atoms with Crippen molar-refractivity contribution < 1.29 is 19.1 Å². The highest BCUT2D eigenvalue weighted by Gasteiger charge is 2.32. The van der Waals surface area contributed by atoms with E-state index in [-0.39, 0.29) is 23.8 Å². The van der Waals surface area contributed by atoms with Crippen molar-refractivity contribution in [2.24, 2.45) is 11.8 Å². The second-order valence-corrected chi connectivity index (χ2v) is 7.09. The van der Waals surface area contributed by atoms with Gasteiger partial charge in [0.2, 0.25) is 11.8 Å². The van der Waals surface area contributed by atoms with Gasteiger partial charge in [-0.1, -0.05) is 20.4 Å². The Bertz CT molecular complexity index is 504. The number of carbonyl (C=O) groups excluding carboxylic acids is 3. The summed E-state index contributed by atoms with van der Waals surface area (Å²) in [6.45, 7) is 11.2. The minimum absolute atomic E-state index is 0.0340. The highest BCUT2D eigenvalue weighted by atomic mass is 16.6. The van der Waals surface area contributed by atoms with Crippen LogP contribution < -0.4 is 0 Å². The van der Waals surface area contributed by atoms with Crippen molar-refractivity contribution in [3.8, 4) is 0 Å². The van der Waals surface area contributed by atoms with Gasteiger partial charge in [0.25, 0.3) is 0 Å². The third-order valence-corrected chi connectivity index (χ3v) is 4.72. The van der Waals surface area contributed by atoms with E-state index in [0.29, 0.717) is 64.6 Å². The largest absolute Gasteiger partial charge is 0.449 e. The maximum absolute atomic E-state index is 12.7. The molecule has 7 nitrogen and oxygen atoms in total. The van der Waals surface area contributed by atoms with Crippen molar-refractivity contribution in [3.05, 3.63) is 12.7 Å². The van der Waals surface area contributed by atoms with E-state index in [1.807, 2.05) is 18.7 Å². The summed E-state index contributed by atoms with van der Waals surface area (Å²) in [5, 5.41) is 0. The lowest BCUT2D eigenvalue weighted by molar-refractivity contribution is -0.140. The molecule has 0 aromatic heterocycles. The quantitative estimate of drug-likeness (QED) is 0.717. The molecule has 2 aliphatic heterocycles. The Balaban J connectivity index is 1.75. The molecule has 0 aromatic rings. The van der Waals surface area contributed by atoms with Gasteiger partial charge in [-0.2, -0.15) is 0 Å². The molecule has 2 saturated heterocycles. The summed E-state index contributed by atoms with van der Waals surface area (Å²) in [6.07, 6.45) is 2.40. The van der Waals surface area contributed by atoms with Crippen LogP contribution in [-0.4, -0.2) is 78.5 Å². The molecule has 2 heterocycles. The van der Waals surface area contributed by atoms with E-state index in [1.165, 1.54) is 6.08 Å². The highest BCUT2D eigenvalue weighted by molar-refractivity contribution is 5.87. The summed E-state index contributed by atoms with van der Waals surface area (Å²) in [4.78, 5) is 41.5. The Morgan fingerprint density at radius 1 is 1.00 bits per heavy atom. The van der Waals surface area contributed by atoms with E-state index in [0.717, 1.165) is 0 Å². The molecule has 25 heavy (non-hydrogen) atoms. The van der Waals surface area contributed by atoms with Crippen LogP contribution in [0.5, 0.6) is 0 Å². The molecule has 0 spiro atoms. The molecule has 140 valence electrons. The van der Waals surface area contributed by atoms with Gasteiger partial charge in [-0.3, -0.25) is 9.59 Å². The van der Waals surface area contributed by atoms with Crippen LogP contribution in [-0.2, 0) is 14.3 Å². The molecule has 0 N–H and O–H groups in total. The number of hydrogen-bond acceptors (Lipinski definition) is 4. The molecule has 0 atom stereocenters. The van der Waals surface area contributed by atoms with Gasteiger partial charge < -0.3 is 19.4 Å². The summed E-state index contributed by atoms with van der Waals surface area (Å²) in [5.41, 5.74) is 0. The number of rotatable bonds is 4. The Hall–Kier alpha value is -2.05. The minimum atomic E-state index is -0.294. The molecule has 0 aromatic carbocycles. The fraction of sp³-hybridized carbons (Fsp3) is 0.722. The number of hydrogen-bond donors (Lipinski definition) is 0. The predicted octanol–water partition coefficient (Wildman–Crippen LogP) is 1.35. The molecule has 0 bridgehead atoms. The summed E-state index contributed by atoms with van der Waals surface area (Å²) in [6, 6.07) is 0. The Labute approximate surface area is 149 Å². The van der Waals surface area contributed by atoms with Crippen molar-refractivity contribution in [1.82, 2.24) is 14.7 Å². The van der Waals surface area contributed by atoms with Gasteiger partial charge in [0.05, 0.1) is 6.61 Å². The normalized spacial score (nSPS) is 19.1. The number of carbonyl (C=O) groups is 3. The average molecular weight is 351 g/mol. The molecular formula is C18H29N3O4. The number of likely N-dealkylation sites (tertiary alicyclic amines) is 1. The molecule has 0 unspecified atom stereocenters. The number of nitrogens with zero attached hydrogens (tertiary/aromatic N) is 3. The van der Waals surface area contributed by atoms with Crippen LogP contribution >= 0.6 is 0 Å². The molecule has 2 fully saturated rings. The lowest BCUT2D eigenvalue weighted by Gasteiger charge is -2.38. The summed E-state index contributed by atoms with van der Waals surface area (Å²) in [7, 11) is 0. The maximum Gasteiger partial charge on any atom is 0.409 e. The molecule has 7 heteroatoms. The molecular weight excluding hydrogens is 322 g/mol. The molecule has 0 aliphatic carbocycles. The number of piperidine rings is 1. The fourth-order valence-electron chi connectivity index (χ4n) is 3.17. The van der Waals surface area contributed by atoms with Gasteiger partial charge in [0, 0.05) is 45.2 Å². The zero-order valence-electron chi connectivity index (χ0n) is 15.3. The Morgan fingerprint density at radius 3 is 2.08 bits per heavy atom. The van der Waals surface area contributed by atoms with E-state index in [9.17, 15) is 14.4 Å². The first kappa shape index (κ1) is 19.3. The standard InChI is InChI=1S/C18H29N3O4/c1-4-16(22)19-7-5-15(6-8-19)17(23)20-9-11-21(12-10-20)18(24)25-13-14(2)3/h4,14-15H,1,5-13H2,2-3H3. The van der Waals surface area contributed by atoms with Crippen LogP contribution in [0.25, 0.3) is 0 Å². The van der Waals surface area contributed by atoms with Crippen LogP contribution in [0.4, 0.5) is 4.79 Å². The van der Waals surface area contributed by atoms with E-state index < -0.39 is 0 Å². The van der Waals surface area contributed by atoms with Gasteiger partial charge in [-0.15, -0.1) is 0 Å². The van der Waals surface area contributed by atoms with Gasteiger partial charge in [-0.05, 0) is 24.8 Å². The fourth-order valence-corrected chi connectivity index (χ4v) is 3.17. The first-order valence-corrected chi connectivity index (χ1v) is 9.04. The topological polar surface area (TPSA) is 70.2 Å². The van der Waals surface area contributed by atoms with E-state index >= 15 is 0 Å². The first-order chi connectivity index (χ1) is 11.9. The zero-order chi connectivity index (χ0) is 18.4. The van der Waals surface area contributed by atoms with Crippen LogP contribution in [0.1, 0.15) is 26.7 Å².